The first-order chi connectivity index (χ1) is 7.83. The smallest absolute Gasteiger partial charge is 0.221 e. The van der Waals surface area contributed by atoms with Crippen LogP contribution < -0.4 is 10.5 Å². The van der Waals surface area contributed by atoms with Gasteiger partial charge in [0.15, 0.2) is 0 Å². The van der Waals surface area contributed by atoms with Crippen LogP contribution in [0.1, 0.15) is 26.7 Å². The van der Waals surface area contributed by atoms with Crippen molar-refractivity contribution >= 4 is 27.2 Å². The number of nitrogens with one attached hydrogen (secondary N) is 1. The molecular formula is C10H21N3O2S2. The third kappa shape index (κ3) is 4.50. The fourth-order valence-electron chi connectivity index (χ4n) is 1.93. The molecule has 0 radical (unpaired) electrons. The summed E-state index contributed by atoms with van der Waals surface area (Å²) < 4.78 is 26.3. The molecule has 100 valence electrons. The highest BCUT2D eigenvalue weighted by atomic mass is 32.2. The molecule has 0 bridgehead atoms. The first-order valence-corrected chi connectivity index (χ1v) is 7.81. The lowest BCUT2D eigenvalue weighted by molar-refractivity contribution is 0.312. The van der Waals surface area contributed by atoms with Crippen LogP contribution in [-0.4, -0.2) is 49.2 Å². The largest absolute Gasteiger partial charge is 0.392 e. The van der Waals surface area contributed by atoms with Crippen molar-refractivity contribution in [1.82, 2.24) is 9.62 Å². The van der Waals surface area contributed by atoms with E-state index in [-0.39, 0.29) is 11.0 Å². The van der Waals surface area contributed by atoms with Crippen LogP contribution in [-0.2, 0) is 10.0 Å². The monoisotopic (exact) mass is 279 g/mol. The summed E-state index contributed by atoms with van der Waals surface area (Å²) in [4.78, 5) is 2.27. The SMILES string of the molecule is CC(CN1CCCC1)NS(=O)(=O)C(C)C(N)=S. The van der Waals surface area contributed by atoms with Crippen LogP contribution in [0.15, 0.2) is 0 Å². The minimum absolute atomic E-state index is 0.00544. The number of hydrogen-bond acceptors (Lipinski definition) is 4. The van der Waals surface area contributed by atoms with Crippen molar-refractivity contribution in [2.45, 2.75) is 38.0 Å². The van der Waals surface area contributed by atoms with Gasteiger partial charge in [0, 0.05) is 12.6 Å². The highest BCUT2D eigenvalue weighted by molar-refractivity contribution is 7.93. The zero-order valence-corrected chi connectivity index (χ0v) is 12.0. The number of nitrogens with two attached hydrogens (primary N) is 1. The second-order valence-electron chi connectivity index (χ2n) is 4.62. The van der Waals surface area contributed by atoms with E-state index in [9.17, 15) is 8.42 Å². The quantitative estimate of drug-likeness (QED) is 0.673. The lowest BCUT2D eigenvalue weighted by Crippen LogP contribution is -2.47. The van der Waals surface area contributed by atoms with E-state index in [1.807, 2.05) is 6.92 Å². The predicted octanol–water partition coefficient (Wildman–Crippen LogP) is 0.0647. The van der Waals surface area contributed by atoms with Gasteiger partial charge in [-0.05, 0) is 39.8 Å². The average Bonchev–Trinajstić information content (AvgIpc) is 2.67. The predicted molar refractivity (Wildman–Crippen MR) is 73.4 cm³/mol. The van der Waals surface area contributed by atoms with E-state index in [0.29, 0.717) is 0 Å². The lowest BCUT2D eigenvalue weighted by Gasteiger charge is -2.22. The van der Waals surface area contributed by atoms with E-state index >= 15 is 0 Å². The number of sulfonamides is 1. The number of likely N-dealkylation sites (tertiary alicyclic amines) is 1. The van der Waals surface area contributed by atoms with Gasteiger partial charge in [-0.2, -0.15) is 0 Å². The van der Waals surface area contributed by atoms with Crippen molar-refractivity contribution in [3.8, 4) is 0 Å². The minimum atomic E-state index is -3.44. The Bertz CT molecular complexity index is 364. The maximum atomic E-state index is 11.9. The average molecular weight is 279 g/mol. The molecule has 5 nitrogen and oxygen atoms in total. The summed E-state index contributed by atoms with van der Waals surface area (Å²) in [5, 5.41) is -0.821. The van der Waals surface area contributed by atoms with E-state index < -0.39 is 15.3 Å². The molecule has 1 fully saturated rings. The Morgan fingerprint density at radius 1 is 1.41 bits per heavy atom. The van der Waals surface area contributed by atoms with Crippen LogP contribution in [0.5, 0.6) is 0 Å². The summed E-state index contributed by atoms with van der Waals surface area (Å²) in [6, 6.07) is -0.116. The van der Waals surface area contributed by atoms with Gasteiger partial charge in [0.1, 0.15) is 5.25 Å². The fourth-order valence-corrected chi connectivity index (χ4v) is 3.45. The molecule has 1 saturated heterocycles. The number of thiocarbonyl (C=S) groups is 1. The highest BCUT2D eigenvalue weighted by Crippen LogP contribution is 2.08. The van der Waals surface area contributed by atoms with Gasteiger partial charge in [-0.25, -0.2) is 13.1 Å². The number of nitrogens with zero attached hydrogens (tertiary/aromatic N) is 1. The molecule has 2 unspecified atom stereocenters. The van der Waals surface area contributed by atoms with Crippen molar-refractivity contribution in [3.63, 3.8) is 0 Å². The van der Waals surface area contributed by atoms with Crippen LogP contribution in [0, 0.1) is 0 Å². The molecule has 1 heterocycles. The molecule has 0 amide bonds. The Morgan fingerprint density at radius 3 is 2.41 bits per heavy atom. The summed E-state index contributed by atoms with van der Waals surface area (Å²) >= 11 is 4.71. The highest BCUT2D eigenvalue weighted by Gasteiger charge is 2.26. The molecule has 0 aliphatic carbocycles. The topological polar surface area (TPSA) is 75.4 Å². The summed E-state index contributed by atoms with van der Waals surface area (Å²) in [7, 11) is -3.44. The maximum Gasteiger partial charge on any atom is 0.221 e. The molecule has 1 aliphatic rings. The summed E-state index contributed by atoms with van der Waals surface area (Å²) in [6.07, 6.45) is 2.39. The molecule has 0 aromatic carbocycles. The first kappa shape index (κ1) is 14.8. The van der Waals surface area contributed by atoms with Gasteiger partial charge in [-0.15, -0.1) is 0 Å². The zero-order chi connectivity index (χ0) is 13.1. The first-order valence-electron chi connectivity index (χ1n) is 5.85. The van der Waals surface area contributed by atoms with Crippen LogP contribution in [0.4, 0.5) is 0 Å². The van der Waals surface area contributed by atoms with E-state index in [2.05, 4.69) is 9.62 Å². The third-order valence-electron chi connectivity index (χ3n) is 2.96. The molecule has 0 aromatic rings. The van der Waals surface area contributed by atoms with E-state index in [1.54, 1.807) is 0 Å². The molecule has 1 rings (SSSR count). The molecule has 2 atom stereocenters. The Labute approximate surface area is 109 Å². The molecule has 0 saturated carbocycles. The van der Waals surface area contributed by atoms with Gasteiger partial charge >= 0.3 is 0 Å². The van der Waals surface area contributed by atoms with Gasteiger partial charge in [0.05, 0.1) is 4.99 Å². The van der Waals surface area contributed by atoms with Crippen molar-refractivity contribution in [3.05, 3.63) is 0 Å². The van der Waals surface area contributed by atoms with Gasteiger partial charge in [-0.1, -0.05) is 12.2 Å². The molecule has 0 aromatic heterocycles. The van der Waals surface area contributed by atoms with Gasteiger partial charge in [0.2, 0.25) is 10.0 Å². The Hall–Kier alpha value is -0.240. The maximum absolute atomic E-state index is 11.9. The third-order valence-corrected chi connectivity index (χ3v) is 5.38. The van der Waals surface area contributed by atoms with Gasteiger partial charge < -0.3 is 10.6 Å². The van der Waals surface area contributed by atoms with Crippen LogP contribution in [0.2, 0.25) is 0 Å². The molecular weight excluding hydrogens is 258 g/mol. The lowest BCUT2D eigenvalue weighted by atomic mass is 10.3. The van der Waals surface area contributed by atoms with Gasteiger partial charge in [0.25, 0.3) is 0 Å². The number of hydrogen-bond donors (Lipinski definition) is 2. The summed E-state index contributed by atoms with van der Waals surface area (Å²) in [5.74, 6) is 0. The standard InChI is InChI=1S/C10H21N3O2S2/c1-8(7-13-5-3-4-6-13)12-17(14,15)9(2)10(11)16/h8-9,12H,3-7H2,1-2H3,(H2,11,16). The molecule has 0 spiro atoms. The minimum Gasteiger partial charge on any atom is -0.392 e. The summed E-state index contributed by atoms with van der Waals surface area (Å²) in [5.41, 5.74) is 5.36. The van der Waals surface area contributed by atoms with E-state index in [0.717, 1.165) is 19.6 Å². The molecule has 1 aliphatic heterocycles. The second-order valence-corrected chi connectivity index (χ2v) is 7.12. The van der Waals surface area contributed by atoms with Crippen molar-refractivity contribution in [2.24, 2.45) is 5.73 Å². The zero-order valence-electron chi connectivity index (χ0n) is 10.3. The Balaban J connectivity index is 2.49. The van der Waals surface area contributed by atoms with Gasteiger partial charge in [-0.3, -0.25) is 0 Å². The van der Waals surface area contributed by atoms with E-state index in [1.165, 1.54) is 19.8 Å². The molecule has 3 N–H and O–H groups in total. The van der Waals surface area contributed by atoms with Crippen molar-refractivity contribution in [1.29, 1.82) is 0 Å². The van der Waals surface area contributed by atoms with Crippen LogP contribution in [0.3, 0.4) is 0 Å². The Morgan fingerprint density at radius 2 is 1.94 bits per heavy atom. The van der Waals surface area contributed by atoms with Crippen molar-refractivity contribution < 1.29 is 8.42 Å². The number of rotatable bonds is 6. The summed E-state index contributed by atoms with van der Waals surface area (Å²) in [6.45, 7) is 6.21. The van der Waals surface area contributed by atoms with Crippen LogP contribution in [0.25, 0.3) is 0 Å². The fraction of sp³-hybridized carbons (Fsp3) is 0.900. The second kappa shape index (κ2) is 6.08. The van der Waals surface area contributed by atoms with Crippen molar-refractivity contribution in [2.75, 3.05) is 19.6 Å². The van der Waals surface area contributed by atoms with E-state index in [4.69, 9.17) is 18.0 Å². The molecule has 17 heavy (non-hydrogen) atoms. The normalized spacial score (nSPS) is 21.3. The Kier molecular flexibility index (Phi) is 5.30. The van der Waals surface area contributed by atoms with Crippen LogP contribution >= 0.6 is 12.2 Å². The molecule has 7 heteroatoms.